The lowest BCUT2D eigenvalue weighted by Gasteiger charge is -2.38. The first-order chi connectivity index (χ1) is 9.82. The zero-order chi connectivity index (χ0) is 15.6. The van der Waals surface area contributed by atoms with Crippen molar-refractivity contribution in [3.63, 3.8) is 0 Å². The third-order valence-corrected chi connectivity index (χ3v) is 4.47. The van der Waals surface area contributed by atoms with Gasteiger partial charge in [0.15, 0.2) is 0 Å². The predicted octanol–water partition coefficient (Wildman–Crippen LogP) is 4.18. The molecule has 118 valence electrons. The predicted molar refractivity (Wildman–Crippen MR) is 79.9 cm³/mol. The number of nitrogens with one attached hydrogen (secondary N) is 1. The van der Waals surface area contributed by atoms with Crippen molar-refractivity contribution in [3.8, 4) is 0 Å². The first-order valence-corrected chi connectivity index (χ1v) is 7.55. The van der Waals surface area contributed by atoms with Crippen molar-refractivity contribution in [2.45, 2.75) is 32.5 Å². The molecule has 0 aromatic heterocycles. The van der Waals surface area contributed by atoms with Crippen molar-refractivity contribution in [1.82, 2.24) is 5.32 Å². The second kappa shape index (κ2) is 6.44. The topological polar surface area (TPSA) is 15.3 Å². The largest absolute Gasteiger partial charge is 0.416 e. The summed E-state index contributed by atoms with van der Waals surface area (Å²) in [5.41, 5.74) is -0.179. The van der Waals surface area contributed by atoms with Crippen LogP contribution in [0.5, 0.6) is 0 Å². The van der Waals surface area contributed by atoms with Gasteiger partial charge in [0.05, 0.1) is 16.3 Å². The van der Waals surface area contributed by atoms with Gasteiger partial charge in [0, 0.05) is 25.7 Å². The number of halogens is 4. The van der Waals surface area contributed by atoms with Crippen LogP contribution in [-0.4, -0.2) is 25.7 Å². The van der Waals surface area contributed by atoms with Gasteiger partial charge in [-0.25, -0.2) is 0 Å². The Balaban J connectivity index is 2.24. The minimum Gasteiger partial charge on any atom is -0.367 e. The Morgan fingerprint density at radius 2 is 2.14 bits per heavy atom. The Bertz CT molecular complexity index is 490. The average molecular weight is 321 g/mol. The van der Waals surface area contributed by atoms with E-state index in [0.29, 0.717) is 29.7 Å². The molecular weight excluding hydrogens is 301 g/mol. The van der Waals surface area contributed by atoms with Crippen LogP contribution in [0.3, 0.4) is 0 Å². The number of benzene rings is 1. The molecule has 2 rings (SSSR count). The Hall–Kier alpha value is -0.940. The molecule has 2 nitrogen and oxygen atoms in total. The van der Waals surface area contributed by atoms with Gasteiger partial charge in [-0.3, -0.25) is 0 Å². The van der Waals surface area contributed by atoms with Crippen LogP contribution in [-0.2, 0) is 6.18 Å². The van der Waals surface area contributed by atoms with E-state index in [1.807, 2.05) is 4.90 Å². The highest BCUT2D eigenvalue weighted by atomic mass is 35.5. The normalized spacial score (nSPS) is 21.4. The second-order valence-corrected chi connectivity index (χ2v) is 5.96. The van der Waals surface area contributed by atoms with E-state index >= 15 is 0 Å². The molecule has 21 heavy (non-hydrogen) atoms. The van der Waals surface area contributed by atoms with Crippen molar-refractivity contribution < 1.29 is 13.2 Å². The molecule has 0 aliphatic carbocycles. The van der Waals surface area contributed by atoms with E-state index in [9.17, 15) is 13.2 Å². The molecule has 0 radical (unpaired) electrons. The summed E-state index contributed by atoms with van der Waals surface area (Å²) >= 11 is 6.11. The molecule has 2 unspecified atom stereocenters. The second-order valence-electron chi connectivity index (χ2n) is 5.56. The fourth-order valence-corrected chi connectivity index (χ4v) is 2.83. The van der Waals surface area contributed by atoms with Gasteiger partial charge >= 0.3 is 6.18 Å². The fraction of sp³-hybridized carbons (Fsp3) is 0.600. The Labute approximate surface area is 128 Å². The van der Waals surface area contributed by atoms with E-state index in [-0.39, 0.29) is 6.04 Å². The Kier molecular flexibility index (Phi) is 5.04. The standard InChI is InChI=1S/C15H20ClF3N2/c1-3-10(2)13-9-21(7-6-20-13)14-8-11(15(17,18)19)4-5-12(14)16/h4-5,8,10,13,20H,3,6-7,9H2,1-2H3. The smallest absolute Gasteiger partial charge is 0.367 e. The highest BCUT2D eigenvalue weighted by molar-refractivity contribution is 6.33. The maximum atomic E-state index is 12.9. The summed E-state index contributed by atoms with van der Waals surface area (Å²) < 4.78 is 38.6. The lowest BCUT2D eigenvalue weighted by Crippen LogP contribution is -2.53. The zero-order valence-electron chi connectivity index (χ0n) is 12.2. The van der Waals surface area contributed by atoms with E-state index in [1.54, 1.807) is 0 Å². The molecule has 1 heterocycles. The first-order valence-electron chi connectivity index (χ1n) is 7.18. The van der Waals surface area contributed by atoms with Gasteiger partial charge in [-0.15, -0.1) is 0 Å². The number of piperazine rings is 1. The molecule has 1 aromatic carbocycles. The van der Waals surface area contributed by atoms with Crippen molar-refractivity contribution in [2.75, 3.05) is 24.5 Å². The Morgan fingerprint density at radius 1 is 1.43 bits per heavy atom. The van der Waals surface area contributed by atoms with E-state index < -0.39 is 11.7 Å². The summed E-state index contributed by atoms with van der Waals surface area (Å²) in [5, 5.41) is 3.80. The van der Waals surface area contributed by atoms with E-state index in [4.69, 9.17) is 11.6 Å². The number of hydrogen-bond acceptors (Lipinski definition) is 2. The van der Waals surface area contributed by atoms with Crippen molar-refractivity contribution in [3.05, 3.63) is 28.8 Å². The summed E-state index contributed by atoms with van der Waals surface area (Å²) in [5.74, 6) is 0.470. The van der Waals surface area contributed by atoms with E-state index in [0.717, 1.165) is 25.1 Å². The molecular formula is C15H20ClF3N2. The van der Waals surface area contributed by atoms with Crippen LogP contribution in [0, 0.1) is 5.92 Å². The van der Waals surface area contributed by atoms with Gasteiger partial charge in [-0.1, -0.05) is 31.9 Å². The maximum Gasteiger partial charge on any atom is 0.416 e. The van der Waals surface area contributed by atoms with Crippen molar-refractivity contribution in [2.24, 2.45) is 5.92 Å². The zero-order valence-corrected chi connectivity index (χ0v) is 12.9. The Morgan fingerprint density at radius 3 is 2.76 bits per heavy atom. The van der Waals surface area contributed by atoms with Crippen LogP contribution >= 0.6 is 11.6 Å². The SMILES string of the molecule is CCC(C)C1CN(c2cc(C(F)(F)F)ccc2Cl)CCN1. The quantitative estimate of drug-likeness (QED) is 0.898. The number of nitrogens with zero attached hydrogens (tertiary/aromatic N) is 1. The molecule has 1 aromatic rings. The van der Waals surface area contributed by atoms with Gasteiger partial charge in [0.2, 0.25) is 0 Å². The minimum absolute atomic E-state index is 0.273. The van der Waals surface area contributed by atoms with Gasteiger partial charge in [-0.05, 0) is 24.1 Å². The van der Waals surface area contributed by atoms with Gasteiger partial charge < -0.3 is 10.2 Å². The van der Waals surface area contributed by atoms with Gasteiger partial charge in [-0.2, -0.15) is 13.2 Å². The summed E-state index contributed by atoms with van der Waals surface area (Å²) in [6.45, 7) is 6.35. The molecule has 1 saturated heterocycles. The number of rotatable bonds is 3. The van der Waals surface area contributed by atoms with Gasteiger partial charge in [0.25, 0.3) is 0 Å². The van der Waals surface area contributed by atoms with Crippen LogP contribution in [0.15, 0.2) is 18.2 Å². The maximum absolute atomic E-state index is 12.9. The highest BCUT2D eigenvalue weighted by Crippen LogP contribution is 2.35. The van der Waals surface area contributed by atoms with Crippen molar-refractivity contribution in [1.29, 1.82) is 0 Å². The third-order valence-electron chi connectivity index (χ3n) is 4.15. The van der Waals surface area contributed by atoms with Gasteiger partial charge in [0.1, 0.15) is 0 Å². The van der Waals surface area contributed by atoms with Crippen LogP contribution in [0.4, 0.5) is 18.9 Å². The lowest BCUT2D eigenvalue weighted by atomic mass is 9.97. The molecule has 1 aliphatic rings. The number of anilines is 1. The summed E-state index contributed by atoms with van der Waals surface area (Å²) in [6.07, 6.45) is -3.31. The van der Waals surface area contributed by atoms with Crippen LogP contribution < -0.4 is 10.2 Å². The molecule has 0 spiro atoms. The van der Waals surface area contributed by atoms with E-state index in [2.05, 4.69) is 19.2 Å². The van der Waals surface area contributed by atoms with Crippen molar-refractivity contribution >= 4 is 17.3 Å². The summed E-state index contributed by atoms with van der Waals surface area (Å²) in [6, 6.07) is 3.79. The first kappa shape index (κ1) is 16.4. The molecule has 1 aliphatic heterocycles. The molecule has 1 N–H and O–H groups in total. The summed E-state index contributed by atoms with van der Waals surface area (Å²) in [7, 11) is 0. The lowest BCUT2D eigenvalue weighted by molar-refractivity contribution is -0.137. The fourth-order valence-electron chi connectivity index (χ4n) is 2.59. The monoisotopic (exact) mass is 320 g/mol. The van der Waals surface area contributed by atoms with Crippen LogP contribution in [0.1, 0.15) is 25.8 Å². The molecule has 0 amide bonds. The van der Waals surface area contributed by atoms with Crippen LogP contribution in [0.2, 0.25) is 5.02 Å². The minimum atomic E-state index is -4.34. The number of hydrogen-bond donors (Lipinski definition) is 1. The van der Waals surface area contributed by atoms with Crippen LogP contribution in [0.25, 0.3) is 0 Å². The average Bonchev–Trinajstić information content (AvgIpc) is 2.45. The molecule has 1 fully saturated rings. The molecule has 2 atom stereocenters. The number of alkyl halides is 3. The van der Waals surface area contributed by atoms with E-state index in [1.165, 1.54) is 6.07 Å². The highest BCUT2D eigenvalue weighted by Gasteiger charge is 2.32. The molecule has 0 saturated carbocycles. The molecule has 0 bridgehead atoms. The molecule has 6 heteroatoms. The third kappa shape index (κ3) is 3.83. The summed E-state index contributed by atoms with van der Waals surface area (Å²) in [4.78, 5) is 1.95.